The van der Waals surface area contributed by atoms with Gasteiger partial charge in [-0.1, -0.05) is 24.3 Å². The van der Waals surface area contributed by atoms with Crippen molar-refractivity contribution in [3.05, 3.63) is 101 Å². The fourth-order valence-electron chi connectivity index (χ4n) is 3.64. The van der Waals surface area contributed by atoms with Gasteiger partial charge in [-0.15, -0.1) is 0 Å². The van der Waals surface area contributed by atoms with Gasteiger partial charge >= 0.3 is 6.18 Å². The average Bonchev–Trinajstić information content (AvgIpc) is 3.35. The van der Waals surface area contributed by atoms with Gasteiger partial charge in [-0.2, -0.15) is 13.2 Å². The highest BCUT2D eigenvalue weighted by Crippen LogP contribution is 2.43. The molecule has 2 heterocycles. The fourth-order valence-corrected chi connectivity index (χ4v) is 3.64. The third kappa shape index (κ3) is 3.50. The number of alkyl halides is 3. The molecule has 0 saturated heterocycles. The maximum Gasteiger partial charge on any atom is 0.416 e. The number of rotatable bonds is 4. The highest BCUT2D eigenvalue weighted by molar-refractivity contribution is 6.20. The molecule has 0 radical (unpaired) electrons. The van der Waals surface area contributed by atoms with Crippen LogP contribution in [0, 0.1) is 6.92 Å². The molecule has 1 amide bonds. The second-order valence-corrected chi connectivity index (χ2v) is 7.05. The Bertz CT molecular complexity index is 1180. The Morgan fingerprint density at radius 2 is 1.71 bits per heavy atom. The van der Waals surface area contributed by atoms with Crippen molar-refractivity contribution < 1.29 is 32.3 Å². The number of carbonyl (C=O) groups excluding carboxylic acids is 2. The van der Waals surface area contributed by atoms with E-state index < -0.39 is 35.2 Å². The lowest BCUT2D eigenvalue weighted by Crippen LogP contribution is -2.31. The Labute approximate surface area is 175 Å². The molecule has 1 N–H and O–H groups in total. The second kappa shape index (κ2) is 7.46. The van der Waals surface area contributed by atoms with E-state index in [9.17, 15) is 27.9 Å². The van der Waals surface area contributed by atoms with Gasteiger partial charge in [0.2, 0.25) is 5.78 Å². The van der Waals surface area contributed by atoms with Crippen molar-refractivity contribution in [3.8, 4) is 0 Å². The molecule has 3 aromatic rings. The van der Waals surface area contributed by atoms with Gasteiger partial charge in [0, 0.05) is 5.69 Å². The molecule has 0 spiro atoms. The van der Waals surface area contributed by atoms with Gasteiger partial charge in [-0.25, -0.2) is 0 Å². The summed E-state index contributed by atoms with van der Waals surface area (Å²) in [4.78, 5) is 27.2. The number of hydrogen-bond acceptors (Lipinski definition) is 4. The van der Waals surface area contributed by atoms with Crippen LogP contribution in [0.4, 0.5) is 18.9 Å². The number of hydrogen-bond donors (Lipinski definition) is 1. The minimum absolute atomic E-state index is 0.0674. The molecule has 0 saturated carbocycles. The van der Waals surface area contributed by atoms with Crippen LogP contribution in [0.25, 0.3) is 0 Å². The Balaban J connectivity index is 1.86. The first kappa shape index (κ1) is 20.5. The zero-order valence-electron chi connectivity index (χ0n) is 16.2. The van der Waals surface area contributed by atoms with Crippen molar-refractivity contribution in [2.45, 2.75) is 19.1 Å². The van der Waals surface area contributed by atoms with E-state index in [1.807, 2.05) is 0 Å². The van der Waals surface area contributed by atoms with E-state index >= 15 is 0 Å². The number of anilines is 1. The first-order chi connectivity index (χ1) is 14.7. The SMILES string of the molecule is Cc1ccccc1C1C(C(=O)c2ccco2)=C(O)C(=O)N1c1ccc(C(F)(F)F)cc1. The summed E-state index contributed by atoms with van der Waals surface area (Å²) in [5, 5.41) is 10.6. The summed E-state index contributed by atoms with van der Waals surface area (Å²) >= 11 is 0. The van der Waals surface area contributed by atoms with Crippen molar-refractivity contribution in [3.63, 3.8) is 0 Å². The maximum atomic E-state index is 13.1. The molecule has 5 nitrogen and oxygen atoms in total. The number of Topliss-reactive ketones (excluding diaryl/α,β-unsaturated/α-hetero) is 1. The highest BCUT2D eigenvalue weighted by atomic mass is 19.4. The zero-order chi connectivity index (χ0) is 22.3. The lowest BCUT2D eigenvalue weighted by atomic mass is 9.92. The summed E-state index contributed by atoms with van der Waals surface area (Å²) in [6.07, 6.45) is -3.25. The van der Waals surface area contributed by atoms with Gasteiger partial charge in [0.05, 0.1) is 23.4 Å². The van der Waals surface area contributed by atoms with Gasteiger partial charge in [0.1, 0.15) is 0 Å². The third-order valence-corrected chi connectivity index (χ3v) is 5.15. The van der Waals surface area contributed by atoms with Crippen molar-refractivity contribution >= 4 is 17.4 Å². The Kier molecular flexibility index (Phi) is 4.93. The normalized spacial score (nSPS) is 16.8. The average molecular weight is 427 g/mol. The van der Waals surface area contributed by atoms with E-state index in [4.69, 9.17) is 4.42 Å². The van der Waals surface area contributed by atoms with Crippen LogP contribution in [-0.4, -0.2) is 16.8 Å². The predicted molar refractivity (Wildman–Crippen MR) is 106 cm³/mol. The Morgan fingerprint density at radius 3 is 2.29 bits per heavy atom. The maximum absolute atomic E-state index is 13.1. The summed E-state index contributed by atoms with van der Waals surface area (Å²) in [6, 6.07) is 12.8. The molecule has 1 aliphatic heterocycles. The first-order valence-electron chi connectivity index (χ1n) is 9.28. The first-order valence-corrected chi connectivity index (χ1v) is 9.28. The van der Waals surface area contributed by atoms with E-state index in [1.54, 1.807) is 31.2 Å². The summed E-state index contributed by atoms with van der Waals surface area (Å²) in [7, 11) is 0. The van der Waals surface area contributed by atoms with Crippen molar-refractivity contribution in [1.82, 2.24) is 0 Å². The number of nitrogens with zero attached hydrogens (tertiary/aromatic N) is 1. The molecular weight excluding hydrogens is 411 g/mol. The number of furan rings is 1. The number of carbonyl (C=O) groups is 2. The van der Waals surface area contributed by atoms with Crippen LogP contribution in [0.2, 0.25) is 0 Å². The molecular formula is C23H16F3NO4. The molecule has 31 heavy (non-hydrogen) atoms. The molecule has 0 bridgehead atoms. The van der Waals surface area contributed by atoms with E-state index in [0.29, 0.717) is 5.56 Å². The van der Waals surface area contributed by atoms with Crippen LogP contribution in [0.15, 0.2) is 82.7 Å². The summed E-state index contributed by atoms with van der Waals surface area (Å²) in [5.74, 6) is -2.40. The highest BCUT2D eigenvalue weighted by Gasteiger charge is 2.45. The molecule has 0 aliphatic carbocycles. The minimum Gasteiger partial charge on any atom is -0.503 e. The number of benzene rings is 2. The van der Waals surface area contributed by atoms with Crippen molar-refractivity contribution in [2.75, 3.05) is 4.90 Å². The molecule has 1 aromatic heterocycles. The molecule has 1 atom stereocenters. The molecule has 4 rings (SSSR count). The van der Waals surface area contributed by atoms with Gasteiger partial charge in [0.15, 0.2) is 11.5 Å². The predicted octanol–water partition coefficient (Wildman–Crippen LogP) is 5.39. The van der Waals surface area contributed by atoms with E-state index in [1.165, 1.54) is 18.4 Å². The van der Waals surface area contributed by atoms with Crippen molar-refractivity contribution in [2.24, 2.45) is 0 Å². The molecule has 2 aromatic carbocycles. The Hall–Kier alpha value is -3.81. The van der Waals surface area contributed by atoms with Crippen LogP contribution in [0.1, 0.15) is 33.3 Å². The lowest BCUT2D eigenvalue weighted by Gasteiger charge is -2.28. The third-order valence-electron chi connectivity index (χ3n) is 5.15. The monoisotopic (exact) mass is 427 g/mol. The fraction of sp³-hybridized carbons (Fsp3) is 0.130. The molecule has 8 heteroatoms. The molecule has 1 aliphatic rings. The smallest absolute Gasteiger partial charge is 0.416 e. The van der Waals surface area contributed by atoms with Crippen LogP contribution in [0.5, 0.6) is 0 Å². The topological polar surface area (TPSA) is 70.7 Å². The largest absolute Gasteiger partial charge is 0.503 e. The van der Waals surface area contributed by atoms with E-state index in [-0.39, 0.29) is 17.0 Å². The zero-order valence-corrected chi connectivity index (χ0v) is 16.2. The second-order valence-electron chi connectivity index (χ2n) is 7.05. The van der Waals surface area contributed by atoms with Gasteiger partial charge in [0.25, 0.3) is 5.91 Å². The van der Waals surface area contributed by atoms with E-state index in [0.717, 1.165) is 34.7 Å². The van der Waals surface area contributed by atoms with Crippen LogP contribution >= 0.6 is 0 Å². The summed E-state index contributed by atoms with van der Waals surface area (Å²) in [6.45, 7) is 1.77. The number of aliphatic hydroxyl groups is 1. The molecule has 1 unspecified atom stereocenters. The minimum atomic E-state index is -4.54. The Morgan fingerprint density at radius 1 is 1.03 bits per heavy atom. The van der Waals surface area contributed by atoms with Crippen LogP contribution in [-0.2, 0) is 11.0 Å². The van der Waals surface area contributed by atoms with Crippen LogP contribution in [0.3, 0.4) is 0 Å². The summed E-state index contributed by atoms with van der Waals surface area (Å²) in [5.41, 5.74) is 0.319. The van der Waals surface area contributed by atoms with Crippen molar-refractivity contribution in [1.29, 1.82) is 0 Å². The van der Waals surface area contributed by atoms with Gasteiger partial charge < -0.3 is 9.52 Å². The van der Waals surface area contributed by atoms with E-state index in [2.05, 4.69) is 0 Å². The standard InChI is InChI=1S/C23H16F3NO4/c1-13-5-2-3-6-16(13)19-18(20(28)17-7-4-12-31-17)21(29)22(30)27(19)15-10-8-14(9-11-15)23(24,25)26/h2-12,19,29H,1H3. The van der Waals surface area contributed by atoms with Gasteiger partial charge in [-0.3, -0.25) is 14.5 Å². The lowest BCUT2D eigenvalue weighted by molar-refractivity contribution is -0.137. The number of aliphatic hydroxyl groups excluding tert-OH is 1. The molecule has 0 fully saturated rings. The van der Waals surface area contributed by atoms with Gasteiger partial charge in [-0.05, 0) is 54.4 Å². The number of aryl methyl sites for hydroxylation is 1. The van der Waals surface area contributed by atoms with Crippen LogP contribution < -0.4 is 4.90 Å². The molecule has 158 valence electrons. The number of amides is 1. The number of ketones is 1. The number of halogens is 3. The summed E-state index contributed by atoms with van der Waals surface area (Å²) < 4.78 is 44.1. The quantitative estimate of drug-likeness (QED) is 0.567.